The highest BCUT2D eigenvalue weighted by Gasteiger charge is 2.39. The lowest BCUT2D eigenvalue weighted by Gasteiger charge is -2.27. The van der Waals surface area contributed by atoms with E-state index in [2.05, 4.69) is 21.0 Å². The lowest BCUT2D eigenvalue weighted by Crippen LogP contribution is -2.45. The van der Waals surface area contributed by atoms with Crippen molar-refractivity contribution in [3.8, 4) is 11.5 Å². The van der Waals surface area contributed by atoms with Crippen molar-refractivity contribution in [2.75, 3.05) is 39.3 Å². The molecule has 0 radical (unpaired) electrons. The summed E-state index contributed by atoms with van der Waals surface area (Å²) in [7, 11) is 0. The Labute approximate surface area is 174 Å². The van der Waals surface area contributed by atoms with Crippen LogP contribution in [-0.4, -0.2) is 56.0 Å². The summed E-state index contributed by atoms with van der Waals surface area (Å²) in [5, 5.41) is 7.87. The van der Waals surface area contributed by atoms with E-state index in [0.29, 0.717) is 19.4 Å². The molecule has 8 heteroatoms. The minimum absolute atomic E-state index is 0.212. The van der Waals surface area contributed by atoms with Gasteiger partial charge in [-0.15, -0.1) is 5.48 Å². The Bertz CT molecular complexity index is 973. The van der Waals surface area contributed by atoms with Crippen molar-refractivity contribution < 1.29 is 19.2 Å². The lowest BCUT2D eigenvalue weighted by molar-refractivity contribution is -0.137. The summed E-state index contributed by atoms with van der Waals surface area (Å²) in [5.41, 5.74) is 3.97. The number of ether oxygens (including phenoxy) is 1. The smallest absolute Gasteiger partial charge is 0.231 e. The monoisotopic (exact) mass is 410 g/mol. The van der Waals surface area contributed by atoms with Crippen LogP contribution in [0.4, 0.5) is 0 Å². The van der Waals surface area contributed by atoms with E-state index in [1.165, 1.54) is 0 Å². The molecule has 0 spiro atoms. The SMILES string of the molecule is O=C1CCC(C2NOc3ccc4cc(OCCN5CCNCC5)ccc4c32)C(=O)N1. The first-order chi connectivity index (χ1) is 14.7. The third-order valence-electron chi connectivity index (χ3n) is 6.17. The van der Waals surface area contributed by atoms with Gasteiger partial charge in [-0.3, -0.25) is 19.8 Å². The number of nitrogens with one attached hydrogen (secondary N) is 3. The lowest BCUT2D eigenvalue weighted by atomic mass is 9.85. The Morgan fingerprint density at radius 3 is 2.83 bits per heavy atom. The average molecular weight is 410 g/mol. The molecule has 30 heavy (non-hydrogen) atoms. The van der Waals surface area contributed by atoms with Gasteiger partial charge in [0.1, 0.15) is 12.4 Å². The van der Waals surface area contributed by atoms with Crippen LogP contribution in [0.2, 0.25) is 0 Å². The summed E-state index contributed by atoms with van der Waals surface area (Å²) >= 11 is 0. The predicted octanol–water partition coefficient (Wildman–Crippen LogP) is 1.11. The molecule has 2 atom stereocenters. The van der Waals surface area contributed by atoms with Crippen LogP contribution >= 0.6 is 0 Å². The second-order valence-corrected chi connectivity index (χ2v) is 8.06. The first-order valence-electron chi connectivity index (χ1n) is 10.6. The zero-order valence-electron chi connectivity index (χ0n) is 16.8. The molecule has 8 nitrogen and oxygen atoms in total. The van der Waals surface area contributed by atoms with Crippen LogP contribution < -0.4 is 25.7 Å². The maximum atomic E-state index is 12.4. The van der Waals surface area contributed by atoms with Crippen molar-refractivity contribution in [3.05, 3.63) is 35.9 Å². The molecule has 5 rings (SSSR count). The van der Waals surface area contributed by atoms with Crippen LogP contribution in [0.25, 0.3) is 10.8 Å². The van der Waals surface area contributed by atoms with Gasteiger partial charge in [-0.1, -0.05) is 12.1 Å². The van der Waals surface area contributed by atoms with Gasteiger partial charge in [-0.25, -0.2) is 0 Å². The van der Waals surface area contributed by atoms with Crippen LogP contribution in [0, 0.1) is 5.92 Å². The fraction of sp³-hybridized carbons (Fsp3) is 0.455. The standard InChI is InChI=1S/C22H26N4O4/c27-19-6-4-17(22(28)24-19)21-20-16-3-2-15(13-14(16)1-5-18(20)30-25-21)29-12-11-26-9-7-23-8-10-26/h1-3,5,13,17,21,23,25H,4,6-12H2,(H,24,27,28). The fourth-order valence-corrected chi connectivity index (χ4v) is 4.54. The largest absolute Gasteiger partial charge is 0.492 e. The van der Waals surface area contributed by atoms with Gasteiger partial charge in [-0.2, -0.15) is 0 Å². The van der Waals surface area contributed by atoms with Crippen molar-refractivity contribution in [2.24, 2.45) is 5.92 Å². The fourth-order valence-electron chi connectivity index (χ4n) is 4.54. The predicted molar refractivity (Wildman–Crippen MR) is 111 cm³/mol. The number of hydrogen-bond acceptors (Lipinski definition) is 7. The number of hydroxylamine groups is 1. The van der Waals surface area contributed by atoms with Crippen molar-refractivity contribution in [2.45, 2.75) is 18.9 Å². The number of benzene rings is 2. The van der Waals surface area contributed by atoms with Crippen molar-refractivity contribution in [1.82, 2.24) is 21.0 Å². The van der Waals surface area contributed by atoms with Crippen LogP contribution in [0.1, 0.15) is 24.4 Å². The molecule has 2 saturated heterocycles. The Balaban J connectivity index is 1.33. The molecule has 3 aliphatic rings. The molecular weight excluding hydrogens is 384 g/mol. The minimum Gasteiger partial charge on any atom is -0.492 e. The topological polar surface area (TPSA) is 91.9 Å². The molecule has 0 aliphatic carbocycles. The molecule has 3 heterocycles. The van der Waals surface area contributed by atoms with E-state index < -0.39 is 0 Å². The minimum atomic E-state index is -0.343. The van der Waals surface area contributed by atoms with E-state index in [1.807, 2.05) is 30.3 Å². The maximum absolute atomic E-state index is 12.4. The van der Waals surface area contributed by atoms with Gasteiger partial charge >= 0.3 is 0 Å². The van der Waals surface area contributed by atoms with Crippen molar-refractivity contribution >= 4 is 22.6 Å². The molecule has 3 aliphatic heterocycles. The molecule has 158 valence electrons. The molecular formula is C22H26N4O4. The zero-order chi connectivity index (χ0) is 20.5. The highest BCUT2D eigenvalue weighted by atomic mass is 16.7. The third-order valence-corrected chi connectivity index (χ3v) is 6.17. The van der Waals surface area contributed by atoms with E-state index in [0.717, 1.165) is 60.6 Å². The molecule has 2 fully saturated rings. The van der Waals surface area contributed by atoms with Crippen molar-refractivity contribution in [3.63, 3.8) is 0 Å². The molecule has 3 N–H and O–H groups in total. The number of piperidine rings is 1. The number of imide groups is 1. The van der Waals surface area contributed by atoms with Crippen LogP contribution in [0.15, 0.2) is 30.3 Å². The molecule has 2 aromatic rings. The molecule has 0 aromatic heterocycles. The Kier molecular flexibility index (Phi) is 5.28. The Morgan fingerprint density at radius 1 is 1.13 bits per heavy atom. The highest BCUT2D eigenvalue weighted by molar-refractivity contribution is 5.99. The van der Waals surface area contributed by atoms with Gasteiger partial charge in [0.05, 0.1) is 12.0 Å². The number of nitrogens with zero attached hydrogens (tertiary/aromatic N) is 1. The van der Waals surface area contributed by atoms with Gasteiger partial charge in [0.25, 0.3) is 0 Å². The van der Waals surface area contributed by atoms with Gasteiger partial charge in [-0.05, 0) is 35.4 Å². The number of piperazine rings is 1. The number of rotatable bonds is 5. The van der Waals surface area contributed by atoms with Crippen LogP contribution in [0.3, 0.4) is 0 Å². The van der Waals surface area contributed by atoms with E-state index in [4.69, 9.17) is 9.57 Å². The van der Waals surface area contributed by atoms with E-state index in [1.54, 1.807) is 0 Å². The van der Waals surface area contributed by atoms with Crippen LogP contribution in [0.5, 0.6) is 11.5 Å². The molecule has 0 saturated carbocycles. The quantitative estimate of drug-likeness (QED) is 0.636. The number of amides is 2. The third kappa shape index (κ3) is 3.74. The number of carbonyl (C=O) groups excluding carboxylic acids is 2. The average Bonchev–Trinajstić information content (AvgIpc) is 3.19. The Hall–Kier alpha value is -2.68. The molecule has 2 unspecified atom stereocenters. The van der Waals surface area contributed by atoms with Gasteiger partial charge in [0.15, 0.2) is 5.75 Å². The Morgan fingerprint density at radius 2 is 2.00 bits per heavy atom. The summed E-state index contributed by atoms with van der Waals surface area (Å²) < 4.78 is 6.00. The summed E-state index contributed by atoms with van der Waals surface area (Å²) in [6.07, 6.45) is 0.856. The summed E-state index contributed by atoms with van der Waals surface area (Å²) in [6.45, 7) is 5.75. The second-order valence-electron chi connectivity index (χ2n) is 8.06. The first kappa shape index (κ1) is 19.3. The zero-order valence-corrected chi connectivity index (χ0v) is 16.8. The van der Waals surface area contributed by atoms with Gasteiger partial charge in [0, 0.05) is 44.7 Å². The van der Waals surface area contributed by atoms with Crippen LogP contribution in [-0.2, 0) is 9.59 Å². The van der Waals surface area contributed by atoms with Gasteiger partial charge in [0.2, 0.25) is 11.8 Å². The number of fused-ring (bicyclic) bond motifs is 3. The summed E-state index contributed by atoms with van der Waals surface area (Å²) in [6, 6.07) is 9.68. The summed E-state index contributed by atoms with van der Waals surface area (Å²) in [4.78, 5) is 32.0. The van der Waals surface area contributed by atoms with Crippen molar-refractivity contribution in [1.29, 1.82) is 0 Å². The molecule has 2 amide bonds. The summed E-state index contributed by atoms with van der Waals surface area (Å²) in [5.74, 6) is 0.761. The molecule has 0 bridgehead atoms. The van der Waals surface area contributed by atoms with Gasteiger partial charge < -0.3 is 14.9 Å². The highest BCUT2D eigenvalue weighted by Crippen LogP contribution is 2.42. The number of carbonyl (C=O) groups is 2. The van der Waals surface area contributed by atoms with E-state index >= 15 is 0 Å². The van der Waals surface area contributed by atoms with E-state index in [-0.39, 0.29) is 23.8 Å². The first-order valence-corrected chi connectivity index (χ1v) is 10.6. The molecule has 2 aromatic carbocycles. The van der Waals surface area contributed by atoms with E-state index in [9.17, 15) is 9.59 Å². The second kappa shape index (κ2) is 8.22. The normalized spacial score (nSPS) is 24.4. The maximum Gasteiger partial charge on any atom is 0.231 e. The number of hydrogen-bond donors (Lipinski definition) is 3.